The van der Waals surface area contributed by atoms with Gasteiger partial charge < -0.3 is 5.32 Å². The van der Waals surface area contributed by atoms with Gasteiger partial charge in [-0.3, -0.25) is 0 Å². The third-order valence-corrected chi connectivity index (χ3v) is 4.83. The van der Waals surface area contributed by atoms with E-state index in [0.717, 1.165) is 23.0 Å². The van der Waals surface area contributed by atoms with Crippen LogP contribution < -0.4 is 5.32 Å². The smallest absolute Gasteiger partial charge is 0.123 e. The molecule has 2 atom stereocenters. The number of benzene rings is 1. The summed E-state index contributed by atoms with van der Waals surface area (Å²) < 4.78 is 14.4. The Morgan fingerprint density at radius 2 is 2.11 bits per heavy atom. The average Bonchev–Trinajstić information content (AvgIpc) is 2.42. The van der Waals surface area contributed by atoms with Gasteiger partial charge in [-0.2, -0.15) is 0 Å². The van der Waals surface area contributed by atoms with Crippen molar-refractivity contribution >= 4 is 15.9 Å². The molecular formula is C16H23BrFN. The first kappa shape index (κ1) is 15.0. The molecule has 1 nitrogen and oxygen atoms in total. The quantitative estimate of drug-likeness (QED) is 0.827. The van der Waals surface area contributed by atoms with Gasteiger partial charge in [0.05, 0.1) is 0 Å². The predicted molar refractivity (Wildman–Crippen MR) is 81.8 cm³/mol. The van der Waals surface area contributed by atoms with Crippen LogP contribution in [-0.4, -0.2) is 12.6 Å². The Bertz CT molecular complexity index is 408. The molecule has 2 rings (SSSR count). The van der Waals surface area contributed by atoms with Crippen molar-refractivity contribution in [1.29, 1.82) is 0 Å². The highest BCUT2D eigenvalue weighted by Crippen LogP contribution is 2.30. The van der Waals surface area contributed by atoms with Crippen molar-refractivity contribution in [3.05, 3.63) is 34.1 Å². The summed E-state index contributed by atoms with van der Waals surface area (Å²) in [5.74, 6) is 0.505. The summed E-state index contributed by atoms with van der Waals surface area (Å²) in [4.78, 5) is 0. The number of rotatable bonds is 5. The molecular weight excluding hydrogens is 305 g/mol. The molecule has 1 aliphatic carbocycles. The van der Waals surface area contributed by atoms with Crippen molar-refractivity contribution in [2.45, 2.75) is 51.5 Å². The molecule has 0 bridgehead atoms. The highest BCUT2D eigenvalue weighted by atomic mass is 79.9. The van der Waals surface area contributed by atoms with Crippen LogP contribution in [-0.2, 0) is 6.42 Å². The summed E-state index contributed by atoms with van der Waals surface area (Å²) in [5.41, 5.74) is 1.11. The standard InChI is InChI=1S/C16H23BrFN/c1-2-9-19-16-6-4-3-5-12(16)10-13-11-14(18)7-8-15(13)17/h7-8,11-12,16,19H,2-6,9-10H2,1H3. The van der Waals surface area contributed by atoms with Crippen molar-refractivity contribution in [2.75, 3.05) is 6.54 Å². The topological polar surface area (TPSA) is 12.0 Å². The molecule has 1 aromatic rings. The molecule has 1 saturated carbocycles. The highest BCUT2D eigenvalue weighted by Gasteiger charge is 2.25. The van der Waals surface area contributed by atoms with Crippen molar-refractivity contribution in [2.24, 2.45) is 5.92 Å². The van der Waals surface area contributed by atoms with Crippen LogP contribution in [0.5, 0.6) is 0 Å². The molecule has 1 fully saturated rings. The third kappa shape index (κ3) is 4.28. The summed E-state index contributed by atoms with van der Waals surface area (Å²) in [6.07, 6.45) is 7.29. The Balaban J connectivity index is 2.04. The predicted octanol–water partition coefficient (Wildman–Crippen LogP) is 4.69. The molecule has 19 heavy (non-hydrogen) atoms. The lowest BCUT2D eigenvalue weighted by atomic mass is 9.80. The van der Waals surface area contributed by atoms with Gasteiger partial charge in [0.15, 0.2) is 0 Å². The summed E-state index contributed by atoms with van der Waals surface area (Å²) >= 11 is 3.54. The second-order valence-corrected chi connectivity index (χ2v) is 6.40. The lowest BCUT2D eigenvalue weighted by molar-refractivity contribution is 0.261. The minimum atomic E-state index is -0.132. The van der Waals surface area contributed by atoms with Crippen molar-refractivity contribution in [3.8, 4) is 0 Å². The molecule has 1 aromatic carbocycles. The average molecular weight is 328 g/mol. The number of halogens is 2. The van der Waals surface area contributed by atoms with E-state index in [1.807, 2.05) is 6.07 Å². The van der Waals surface area contributed by atoms with Gasteiger partial charge in [0.1, 0.15) is 5.82 Å². The zero-order valence-corrected chi connectivity index (χ0v) is 13.2. The first-order valence-electron chi connectivity index (χ1n) is 7.38. The molecule has 0 amide bonds. The number of nitrogens with one attached hydrogen (secondary N) is 1. The van der Waals surface area contributed by atoms with Gasteiger partial charge in [0, 0.05) is 10.5 Å². The Hall–Kier alpha value is -0.410. The monoisotopic (exact) mass is 327 g/mol. The maximum absolute atomic E-state index is 13.4. The second-order valence-electron chi connectivity index (χ2n) is 5.55. The molecule has 1 N–H and O–H groups in total. The fourth-order valence-electron chi connectivity index (χ4n) is 3.03. The van der Waals surface area contributed by atoms with E-state index in [-0.39, 0.29) is 5.82 Å². The molecule has 0 heterocycles. The summed E-state index contributed by atoms with van der Waals surface area (Å²) in [5, 5.41) is 3.67. The van der Waals surface area contributed by atoms with Gasteiger partial charge in [-0.25, -0.2) is 4.39 Å². The normalized spacial score (nSPS) is 23.5. The maximum atomic E-state index is 13.4. The van der Waals surface area contributed by atoms with Crippen LogP contribution in [0.1, 0.15) is 44.6 Å². The number of hydrogen-bond donors (Lipinski definition) is 1. The molecule has 106 valence electrons. The van der Waals surface area contributed by atoms with Crippen LogP contribution in [0.4, 0.5) is 4.39 Å². The van der Waals surface area contributed by atoms with Crippen LogP contribution in [0.2, 0.25) is 0 Å². The van der Waals surface area contributed by atoms with Crippen LogP contribution in [0.15, 0.2) is 22.7 Å². The largest absolute Gasteiger partial charge is 0.314 e. The lowest BCUT2D eigenvalue weighted by Crippen LogP contribution is -2.39. The van der Waals surface area contributed by atoms with E-state index >= 15 is 0 Å². The fraction of sp³-hybridized carbons (Fsp3) is 0.625. The second kappa shape index (κ2) is 7.39. The minimum Gasteiger partial charge on any atom is -0.314 e. The van der Waals surface area contributed by atoms with Crippen LogP contribution in [0, 0.1) is 11.7 Å². The van der Waals surface area contributed by atoms with Crippen molar-refractivity contribution in [1.82, 2.24) is 5.32 Å². The molecule has 0 saturated heterocycles. The van der Waals surface area contributed by atoms with E-state index in [4.69, 9.17) is 0 Å². The van der Waals surface area contributed by atoms with Gasteiger partial charge in [-0.1, -0.05) is 35.7 Å². The van der Waals surface area contributed by atoms with Crippen molar-refractivity contribution < 1.29 is 4.39 Å². The first-order valence-corrected chi connectivity index (χ1v) is 8.17. The van der Waals surface area contributed by atoms with E-state index in [2.05, 4.69) is 28.2 Å². The first-order chi connectivity index (χ1) is 9.20. The van der Waals surface area contributed by atoms with E-state index in [1.54, 1.807) is 6.07 Å². The zero-order chi connectivity index (χ0) is 13.7. The summed E-state index contributed by atoms with van der Waals surface area (Å²) in [7, 11) is 0. The minimum absolute atomic E-state index is 0.132. The van der Waals surface area contributed by atoms with E-state index < -0.39 is 0 Å². The summed E-state index contributed by atoms with van der Waals surface area (Å²) in [6.45, 7) is 3.29. The molecule has 3 heteroatoms. The maximum Gasteiger partial charge on any atom is 0.123 e. The molecule has 0 aliphatic heterocycles. The van der Waals surface area contributed by atoms with Crippen molar-refractivity contribution in [3.63, 3.8) is 0 Å². The molecule has 0 radical (unpaired) electrons. The fourth-order valence-corrected chi connectivity index (χ4v) is 3.44. The highest BCUT2D eigenvalue weighted by molar-refractivity contribution is 9.10. The van der Waals surface area contributed by atoms with E-state index in [0.29, 0.717) is 12.0 Å². The Kier molecular flexibility index (Phi) is 5.83. The molecule has 2 unspecified atom stereocenters. The van der Waals surface area contributed by atoms with E-state index in [1.165, 1.54) is 38.2 Å². The van der Waals surface area contributed by atoms with Gasteiger partial charge in [-0.05, 0) is 61.9 Å². The SMILES string of the molecule is CCCNC1CCCCC1Cc1cc(F)ccc1Br. The molecule has 0 aromatic heterocycles. The van der Waals surface area contributed by atoms with Gasteiger partial charge >= 0.3 is 0 Å². The van der Waals surface area contributed by atoms with E-state index in [9.17, 15) is 4.39 Å². The zero-order valence-electron chi connectivity index (χ0n) is 11.6. The lowest BCUT2D eigenvalue weighted by Gasteiger charge is -2.32. The van der Waals surface area contributed by atoms with Gasteiger partial charge in [0.2, 0.25) is 0 Å². The van der Waals surface area contributed by atoms with Crippen LogP contribution in [0.25, 0.3) is 0 Å². The van der Waals surface area contributed by atoms with Gasteiger partial charge in [0.25, 0.3) is 0 Å². The van der Waals surface area contributed by atoms with Crippen LogP contribution in [0.3, 0.4) is 0 Å². The summed E-state index contributed by atoms with van der Waals surface area (Å²) in [6, 6.07) is 5.61. The van der Waals surface area contributed by atoms with Crippen LogP contribution >= 0.6 is 15.9 Å². The Labute approximate surface area is 124 Å². The molecule has 1 aliphatic rings. The Morgan fingerprint density at radius 3 is 2.89 bits per heavy atom. The number of hydrogen-bond acceptors (Lipinski definition) is 1. The Morgan fingerprint density at radius 1 is 1.32 bits per heavy atom. The molecule has 0 spiro atoms. The third-order valence-electron chi connectivity index (χ3n) is 4.06. The van der Waals surface area contributed by atoms with Gasteiger partial charge in [-0.15, -0.1) is 0 Å².